The van der Waals surface area contributed by atoms with Crippen LogP contribution in [0.3, 0.4) is 0 Å². The molecule has 2 rings (SSSR count). The standard InChI is InChI=1S/C16H29N5/c1-4-18-14(9-13-5-6-19-16(17)10-13)11-15-12-20(2)7-8-21(15)3/h5-6,10,14-15,18H,4,7-9,11-12H2,1-3H3,(H2,17,19). The normalized spacial score (nSPS) is 22.3. The van der Waals surface area contributed by atoms with Crippen molar-refractivity contribution >= 4 is 5.82 Å². The molecule has 5 heteroatoms. The Hall–Kier alpha value is -1.17. The molecular weight excluding hydrogens is 262 g/mol. The molecule has 0 saturated carbocycles. The van der Waals surface area contributed by atoms with Crippen LogP contribution in [0.2, 0.25) is 0 Å². The highest BCUT2D eigenvalue weighted by atomic mass is 15.3. The number of nitrogen functional groups attached to an aromatic ring is 1. The van der Waals surface area contributed by atoms with Crippen LogP contribution in [-0.2, 0) is 6.42 Å². The zero-order valence-electron chi connectivity index (χ0n) is 13.5. The summed E-state index contributed by atoms with van der Waals surface area (Å²) >= 11 is 0. The van der Waals surface area contributed by atoms with E-state index in [0.29, 0.717) is 17.9 Å². The van der Waals surface area contributed by atoms with E-state index in [-0.39, 0.29) is 0 Å². The third-order valence-corrected chi connectivity index (χ3v) is 4.36. The molecular formula is C16H29N5. The van der Waals surface area contributed by atoms with Crippen molar-refractivity contribution in [3.8, 4) is 0 Å². The molecule has 3 N–H and O–H groups in total. The molecule has 0 amide bonds. The number of nitrogens with one attached hydrogen (secondary N) is 1. The summed E-state index contributed by atoms with van der Waals surface area (Å²) in [6, 6.07) is 5.15. The Morgan fingerprint density at radius 1 is 1.43 bits per heavy atom. The van der Waals surface area contributed by atoms with E-state index in [1.165, 1.54) is 12.1 Å². The molecule has 1 fully saturated rings. The maximum absolute atomic E-state index is 5.79. The highest BCUT2D eigenvalue weighted by Crippen LogP contribution is 2.15. The van der Waals surface area contributed by atoms with Gasteiger partial charge in [0.15, 0.2) is 0 Å². The lowest BCUT2D eigenvalue weighted by Crippen LogP contribution is -2.52. The fourth-order valence-corrected chi connectivity index (χ4v) is 3.12. The molecule has 0 aliphatic carbocycles. The predicted octanol–water partition coefficient (Wildman–Crippen LogP) is 0.820. The second-order valence-corrected chi connectivity index (χ2v) is 6.18. The summed E-state index contributed by atoms with van der Waals surface area (Å²) in [5, 5.41) is 3.63. The molecule has 1 aliphatic heterocycles. The molecule has 0 spiro atoms. The Balaban J connectivity index is 1.98. The van der Waals surface area contributed by atoms with E-state index in [1.807, 2.05) is 6.07 Å². The summed E-state index contributed by atoms with van der Waals surface area (Å²) in [5.41, 5.74) is 7.05. The third-order valence-electron chi connectivity index (χ3n) is 4.36. The van der Waals surface area contributed by atoms with Crippen LogP contribution in [0.1, 0.15) is 18.9 Å². The van der Waals surface area contributed by atoms with Gasteiger partial charge < -0.3 is 20.9 Å². The molecule has 0 radical (unpaired) electrons. The van der Waals surface area contributed by atoms with E-state index < -0.39 is 0 Å². The summed E-state index contributed by atoms with van der Waals surface area (Å²) < 4.78 is 0. The van der Waals surface area contributed by atoms with E-state index in [4.69, 9.17) is 5.73 Å². The zero-order valence-corrected chi connectivity index (χ0v) is 13.5. The van der Waals surface area contributed by atoms with E-state index in [2.05, 4.69) is 47.2 Å². The van der Waals surface area contributed by atoms with Crippen molar-refractivity contribution in [1.82, 2.24) is 20.1 Å². The maximum atomic E-state index is 5.79. The van der Waals surface area contributed by atoms with Crippen molar-refractivity contribution in [3.63, 3.8) is 0 Å². The summed E-state index contributed by atoms with van der Waals surface area (Å²) in [6.45, 7) is 6.64. The molecule has 2 heterocycles. The molecule has 118 valence electrons. The van der Waals surface area contributed by atoms with Crippen LogP contribution in [0.4, 0.5) is 5.82 Å². The summed E-state index contributed by atoms with van der Waals surface area (Å²) in [6.07, 6.45) is 3.97. The molecule has 1 aromatic heterocycles. The second-order valence-electron chi connectivity index (χ2n) is 6.18. The number of nitrogens with zero attached hydrogens (tertiary/aromatic N) is 3. The van der Waals surface area contributed by atoms with Crippen LogP contribution >= 0.6 is 0 Å². The van der Waals surface area contributed by atoms with Gasteiger partial charge >= 0.3 is 0 Å². The lowest BCUT2D eigenvalue weighted by molar-refractivity contribution is 0.101. The second kappa shape index (κ2) is 7.73. The smallest absolute Gasteiger partial charge is 0.123 e. The highest BCUT2D eigenvalue weighted by Gasteiger charge is 2.25. The van der Waals surface area contributed by atoms with Gasteiger partial charge in [-0.3, -0.25) is 0 Å². The van der Waals surface area contributed by atoms with Gasteiger partial charge in [0.25, 0.3) is 0 Å². The molecule has 1 aromatic rings. The van der Waals surface area contributed by atoms with Gasteiger partial charge in [0.2, 0.25) is 0 Å². The fraction of sp³-hybridized carbons (Fsp3) is 0.688. The molecule has 0 bridgehead atoms. The van der Waals surface area contributed by atoms with Crippen LogP contribution in [0, 0.1) is 0 Å². The minimum absolute atomic E-state index is 0.482. The van der Waals surface area contributed by atoms with Crippen molar-refractivity contribution < 1.29 is 0 Å². The van der Waals surface area contributed by atoms with Crippen molar-refractivity contribution in [2.45, 2.75) is 31.8 Å². The lowest BCUT2D eigenvalue weighted by Gasteiger charge is -2.39. The minimum atomic E-state index is 0.482. The first-order valence-corrected chi connectivity index (χ1v) is 7.91. The molecule has 0 aromatic carbocycles. The topological polar surface area (TPSA) is 57.4 Å². The number of hydrogen-bond acceptors (Lipinski definition) is 5. The van der Waals surface area contributed by atoms with Gasteiger partial charge in [0.05, 0.1) is 0 Å². The van der Waals surface area contributed by atoms with Crippen LogP contribution in [0.5, 0.6) is 0 Å². The quantitative estimate of drug-likeness (QED) is 0.813. The van der Waals surface area contributed by atoms with E-state index in [9.17, 15) is 0 Å². The number of aromatic nitrogens is 1. The largest absolute Gasteiger partial charge is 0.384 e. The van der Waals surface area contributed by atoms with Gasteiger partial charge in [-0.25, -0.2) is 4.98 Å². The SMILES string of the molecule is CCNC(Cc1ccnc(N)c1)CC1CN(C)CCN1C. The van der Waals surface area contributed by atoms with Crippen molar-refractivity contribution in [3.05, 3.63) is 23.9 Å². The van der Waals surface area contributed by atoms with Gasteiger partial charge in [-0.15, -0.1) is 0 Å². The Kier molecular flexibility index (Phi) is 5.96. The number of likely N-dealkylation sites (N-methyl/N-ethyl adjacent to an activating group) is 3. The van der Waals surface area contributed by atoms with Crippen LogP contribution in [-0.4, -0.2) is 67.1 Å². The van der Waals surface area contributed by atoms with Gasteiger partial charge in [0.1, 0.15) is 5.82 Å². The summed E-state index contributed by atoms with van der Waals surface area (Å²) in [4.78, 5) is 8.99. The van der Waals surface area contributed by atoms with E-state index >= 15 is 0 Å². The molecule has 1 saturated heterocycles. The number of pyridine rings is 1. The van der Waals surface area contributed by atoms with Crippen LogP contribution in [0.25, 0.3) is 0 Å². The van der Waals surface area contributed by atoms with Crippen LogP contribution < -0.4 is 11.1 Å². The molecule has 1 aliphatic rings. The molecule has 5 nitrogen and oxygen atoms in total. The summed E-state index contributed by atoms with van der Waals surface area (Å²) in [5.74, 6) is 0.609. The Morgan fingerprint density at radius 3 is 2.95 bits per heavy atom. The molecule has 21 heavy (non-hydrogen) atoms. The Labute approximate surface area is 128 Å². The summed E-state index contributed by atoms with van der Waals surface area (Å²) in [7, 11) is 4.46. The van der Waals surface area contributed by atoms with Crippen molar-refractivity contribution in [2.24, 2.45) is 0 Å². The first-order valence-electron chi connectivity index (χ1n) is 7.91. The third kappa shape index (κ3) is 4.95. The van der Waals surface area contributed by atoms with E-state index in [1.54, 1.807) is 6.20 Å². The number of nitrogens with two attached hydrogens (primary N) is 1. The predicted molar refractivity (Wildman–Crippen MR) is 88.4 cm³/mol. The van der Waals surface area contributed by atoms with Gasteiger partial charge in [-0.05, 0) is 51.2 Å². The fourth-order valence-electron chi connectivity index (χ4n) is 3.12. The lowest BCUT2D eigenvalue weighted by atomic mass is 9.97. The number of anilines is 1. The number of piperazine rings is 1. The highest BCUT2D eigenvalue weighted by molar-refractivity contribution is 5.32. The maximum Gasteiger partial charge on any atom is 0.123 e. The number of hydrogen-bond donors (Lipinski definition) is 2. The van der Waals surface area contributed by atoms with E-state index in [0.717, 1.165) is 32.5 Å². The minimum Gasteiger partial charge on any atom is -0.384 e. The Morgan fingerprint density at radius 2 is 2.24 bits per heavy atom. The van der Waals surface area contributed by atoms with Crippen LogP contribution in [0.15, 0.2) is 18.3 Å². The van der Waals surface area contributed by atoms with Gasteiger partial charge in [-0.1, -0.05) is 6.92 Å². The Bertz CT molecular complexity index is 436. The van der Waals surface area contributed by atoms with Gasteiger partial charge in [0, 0.05) is 37.9 Å². The molecule has 2 atom stereocenters. The van der Waals surface area contributed by atoms with Crippen molar-refractivity contribution in [1.29, 1.82) is 0 Å². The average molecular weight is 291 g/mol. The average Bonchev–Trinajstić information content (AvgIpc) is 2.43. The first kappa shape index (κ1) is 16.2. The molecule has 2 unspecified atom stereocenters. The number of rotatable bonds is 6. The van der Waals surface area contributed by atoms with Crippen molar-refractivity contribution in [2.75, 3.05) is 46.0 Å². The van der Waals surface area contributed by atoms with Gasteiger partial charge in [-0.2, -0.15) is 0 Å². The first-order chi connectivity index (χ1) is 10.1. The zero-order chi connectivity index (χ0) is 15.2. The monoisotopic (exact) mass is 291 g/mol.